The van der Waals surface area contributed by atoms with Crippen molar-refractivity contribution in [1.29, 1.82) is 0 Å². The molecule has 58 heavy (non-hydrogen) atoms. The number of rotatable bonds is 7. The fourth-order valence-electron chi connectivity index (χ4n) is 8.47. The number of benzene rings is 9. The molecule has 0 atom stereocenters. The van der Waals surface area contributed by atoms with Gasteiger partial charge in [-0.25, -0.2) is 15.0 Å². The van der Waals surface area contributed by atoms with Crippen LogP contribution in [0, 0.1) is 0 Å². The molecule has 1 aliphatic carbocycles. The van der Waals surface area contributed by atoms with E-state index >= 15 is 0 Å². The summed E-state index contributed by atoms with van der Waals surface area (Å²) in [6.07, 6.45) is 0. The van der Waals surface area contributed by atoms with E-state index in [0.29, 0.717) is 17.5 Å². The van der Waals surface area contributed by atoms with Crippen LogP contribution >= 0.6 is 0 Å². The number of fused-ring (bicyclic) bond motifs is 3. The number of nitrogens with zero attached hydrogens (tertiary/aromatic N) is 3. The lowest BCUT2D eigenvalue weighted by molar-refractivity contribution is 1.07. The number of aromatic nitrogens is 3. The van der Waals surface area contributed by atoms with E-state index in [0.717, 1.165) is 27.8 Å². The average molecular weight is 738 g/mol. The topological polar surface area (TPSA) is 38.7 Å². The van der Waals surface area contributed by atoms with Crippen molar-refractivity contribution in [3.8, 4) is 101 Å². The predicted octanol–water partition coefficient (Wildman–Crippen LogP) is 14.3. The fourth-order valence-corrected chi connectivity index (χ4v) is 8.47. The van der Waals surface area contributed by atoms with E-state index < -0.39 is 0 Å². The molecular weight excluding hydrogens is 703 g/mol. The van der Waals surface area contributed by atoms with Gasteiger partial charge < -0.3 is 0 Å². The minimum absolute atomic E-state index is 0.637. The van der Waals surface area contributed by atoms with Crippen molar-refractivity contribution in [2.45, 2.75) is 0 Å². The maximum atomic E-state index is 5.02. The molecule has 0 radical (unpaired) electrons. The van der Waals surface area contributed by atoms with Crippen LogP contribution < -0.4 is 0 Å². The quantitative estimate of drug-likeness (QED) is 0.163. The zero-order valence-corrected chi connectivity index (χ0v) is 31.5. The predicted molar refractivity (Wildman–Crippen MR) is 240 cm³/mol. The first kappa shape index (κ1) is 33.6. The third kappa shape index (κ3) is 5.89. The molecule has 270 valence electrons. The van der Waals surface area contributed by atoms with Gasteiger partial charge in [0.2, 0.25) is 0 Å². The lowest BCUT2D eigenvalue weighted by atomic mass is 9.91. The zero-order valence-electron chi connectivity index (χ0n) is 31.5. The Morgan fingerprint density at radius 2 is 0.517 bits per heavy atom. The summed E-state index contributed by atoms with van der Waals surface area (Å²) in [6.45, 7) is 0. The van der Waals surface area contributed by atoms with E-state index in [2.05, 4.69) is 176 Å². The minimum Gasteiger partial charge on any atom is -0.208 e. The molecule has 1 aliphatic rings. The average Bonchev–Trinajstić information content (AvgIpc) is 3.64. The molecule has 1 heterocycles. The van der Waals surface area contributed by atoms with Crippen LogP contribution in [0.4, 0.5) is 0 Å². The van der Waals surface area contributed by atoms with Gasteiger partial charge in [-0.1, -0.05) is 212 Å². The van der Waals surface area contributed by atoms with E-state index in [4.69, 9.17) is 15.0 Å². The van der Waals surface area contributed by atoms with E-state index in [-0.39, 0.29) is 0 Å². The molecule has 0 amide bonds. The monoisotopic (exact) mass is 737 g/mol. The van der Waals surface area contributed by atoms with Crippen LogP contribution in [0.2, 0.25) is 0 Å². The highest BCUT2D eigenvalue weighted by atomic mass is 15.0. The largest absolute Gasteiger partial charge is 0.208 e. The second-order valence-electron chi connectivity index (χ2n) is 14.8. The highest BCUT2D eigenvalue weighted by molar-refractivity contribution is 6.18. The van der Waals surface area contributed by atoms with Gasteiger partial charge in [-0.3, -0.25) is 0 Å². The van der Waals surface area contributed by atoms with Gasteiger partial charge in [-0.15, -0.1) is 0 Å². The first-order valence-corrected chi connectivity index (χ1v) is 19.7. The van der Waals surface area contributed by atoms with Gasteiger partial charge in [0.25, 0.3) is 0 Å². The maximum absolute atomic E-state index is 5.02. The summed E-state index contributed by atoms with van der Waals surface area (Å²) in [7, 11) is 0. The lowest BCUT2D eigenvalue weighted by Gasteiger charge is -2.13. The number of hydrogen-bond acceptors (Lipinski definition) is 3. The summed E-state index contributed by atoms with van der Waals surface area (Å²) in [5.41, 5.74) is 17.6. The Morgan fingerprint density at radius 3 is 1.03 bits per heavy atom. The van der Waals surface area contributed by atoms with Gasteiger partial charge in [-0.05, 0) is 77.5 Å². The number of hydrogen-bond donors (Lipinski definition) is 0. The summed E-state index contributed by atoms with van der Waals surface area (Å²) in [5.74, 6) is 1.93. The van der Waals surface area contributed by atoms with Crippen molar-refractivity contribution in [3.63, 3.8) is 0 Å². The normalized spacial score (nSPS) is 11.4. The van der Waals surface area contributed by atoms with Gasteiger partial charge in [-0.2, -0.15) is 0 Å². The first-order chi connectivity index (χ1) is 28.7. The Hall–Kier alpha value is -7.75. The lowest BCUT2D eigenvalue weighted by Crippen LogP contribution is -2.00. The third-order valence-corrected chi connectivity index (χ3v) is 11.4. The molecule has 0 aliphatic heterocycles. The maximum Gasteiger partial charge on any atom is 0.164 e. The van der Waals surface area contributed by atoms with Crippen molar-refractivity contribution in [1.82, 2.24) is 15.0 Å². The van der Waals surface area contributed by atoms with Gasteiger partial charge in [0.15, 0.2) is 17.5 Å². The van der Waals surface area contributed by atoms with Crippen molar-refractivity contribution >= 4 is 10.8 Å². The zero-order chi connectivity index (χ0) is 38.4. The van der Waals surface area contributed by atoms with E-state index in [9.17, 15) is 0 Å². The highest BCUT2D eigenvalue weighted by Crippen LogP contribution is 2.49. The molecule has 10 aromatic rings. The summed E-state index contributed by atoms with van der Waals surface area (Å²) in [6, 6.07) is 75.3. The van der Waals surface area contributed by atoms with Crippen LogP contribution in [0.5, 0.6) is 0 Å². The molecule has 0 fully saturated rings. The Kier molecular flexibility index (Phi) is 8.15. The molecule has 11 rings (SSSR count). The van der Waals surface area contributed by atoms with Gasteiger partial charge in [0.1, 0.15) is 0 Å². The smallest absolute Gasteiger partial charge is 0.164 e. The van der Waals surface area contributed by atoms with Crippen molar-refractivity contribution in [2.75, 3.05) is 0 Å². The van der Waals surface area contributed by atoms with Gasteiger partial charge in [0.05, 0.1) is 0 Å². The molecule has 1 aromatic heterocycles. The second kappa shape index (κ2) is 14.1. The Labute approximate surface area is 337 Å². The van der Waals surface area contributed by atoms with Gasteiger partial charge in [0, 0.05) is 16.7 Å². The third-order valence-electron chi connectivity index (χ3n) is 11.4. The van der Waals surface area contributed by atoms with Crippen molar-refractivity contribution in [3.05, 3.63) is 212 Å². The summed E-state index contributed by atoms with van der Waals surface area (Å²) >= 11 is 0. The molecule has 0 spiro atoms. The molecule has 0 saturated heterocycles. The molecule has 0 N–H and O–H groups in total. The first-order valence-electron chi connectivity index (χ1n) is 19.7. The van der Waals surface area contributed by atoms with Crippen LogP contribution in [0.3, 0.4) is 0 Å². The molecule has 0 unspecified atom stereocenters. The Morgan fingerprint density at radius 1 is 0.190 bits per heavy atom. The second-order valence-corrected chi connectivity index (χ2v) is 14.8. The minimum atomic E-state index is 0.637. The van der Waals surface area contributed by atoms with E-state index in [1.54, 1.807) is 0 Å². The summed E-state index contributed by atoms with van der Waals surface area (Å²) < 4.78 is 0. The van der Waals surface area contributed by atoms with Crippen LogP contribution in [0.1, 0.15) is 0 Å². The Bertz CT molecular complexity index is 3090. The molecule has 3 heteroatoms. The van der Waals surface area contributed by atoms with Crippen LogP contribution in [0.25, 0.3) is 112 Å². The fraction of sp³-hybridized carbons (Fsp3) is 0. The standard InChI is InChI=1S/C55H35N3/c1-3-12-36(13-4-1)37-22-30-42(31-23-37)54-56-53(41-14-5-2-6-15-41)57-55(58-54)43-32-28-39(29-33-43)45-17-8-7-16-44(45)38-24-26-40(27-25-38)46-34-35-51-48-19-10-9-18-47(48)50-21-11-20-49(46)52(50)51/h1-35H. The van der Waals surface area contributed by atoms with E-state index in [1.807, 2.05) is 36.4 Å². The molecule has 0 saturated carbocycles. The van der Waals surface area contributed by atoms with Crippen molar-refractivity contribution < 1.29 is 0 Å². The Balaban J connectivity index is 0.915. The highest BCUT2D eigenvalue weighted by Gasteiger charge is 2.22. The molecule has 0 bridgehead atoms. The van der Waals surface area contributed by atoms with Crippen LogP contribution in [-0.2, 0) is 0 Å². The van der Waals surface area contributed by atoms with Crippen molar-refractivity contribution in [2.24, 2.45) is 0 Å². The molecular formula is C55H35N3. The molecule has 3 nitrogen and oxygen atoms in total. The van der Waals surface area contributed by atoms with Crippen LogP contribution in [-0.4, -0.2) is 15.0 Å². The summed E-state index contributed by atoms with van der Waals surface area (Å²) in [5, 5.41) is 2.64. The summed E-state index contributed by atoms with van der Waals surface area (Å²) in [4.78, 5) is 15.0. The molecule has 9 aromatic carbocycles. The van der Waals surface area contributed by atoms with E-state index in [1.165, 1.54) is 66.4 Å². The SMILES string of the molecule is c1ccc(-c2ccc(-c3nc(-c4ccccc4)nc(-c4ccc(-c5ccccc5-c5ccc(-c6ccc7c8c(cccc68)-c6ccccc6-7)cc5)cc4)n3)cc2)cc1. The van der Waals surface area contributed by atoms with Gasteiger partial charge >= 0.3 is 0 Å². The van der Waals surface area contributed by atoms with Crippen LogP contribution in [0.15, 0.2) is 212 Å².